The Balaban J connectivity index is 2.40. The molecule has 1 heterocycles. The molecule has 18 heavy (non-hydrogen) atoms. The van der Waals surface area contributed by atoms with Gasteiger partial charge in [-0.2, -0.15) is 13.2 Å². The zero-order chi connectivity index (χ0) is 13.2. The first kappa shape index (κ1) is 13.2. The Bertz CT molecular complexity index is 409. The van der Waals surface area contributed by atoms with E-state index in [1.807, 2.05) is 4.90 Å². The molecule has 100 valence electrons. The van der Waals surface area contributed by atoms with Crippen LogP contribution in [-0.2, 0) is 12.7 Å². The summed E-state index contributed by atoms with van der Waals surface area (Å²) in [5.74, 6) is 0. The number of hydrogen-bond acceptors (Lipinski definition) is 2. The molecule has 1 aliphatic rings. The third-order valence-electron chi connectivity index (χ3n) is 3.36. The maximum Gasteiger partial charge on any atom is 0.416 e. The maximum atomic E-state index is 12.9. The van der Waals surface area contributed by atoms with Gasteiger partial charge < -0.3 is 10.6 Å². The molecular weight excluding hydrogens is 241 g/mol. The van der Waals surface area contributed by atoms with Crippen molar-refractivity contribution in [3.63, 3.8) is 0 Å². The zero-order valence-electron chi connectivity index (χ0n) is 10.1. The first-order valence-electron chi connectivity index (χ1n) is 6.18. The molecule has 2 N–H and O–H groups in total. The van der Waals surface area contributed by atoms with Crippen molar-refractivity contribution in [3.05, 3.63) is 29.3 Å². The van der Waals surface area contributed by atoms with Crippen LogP contribution in [0, 0.1) is 0 Å². The molecule has 0 aromatic heterocycles. The molecule has 5 heteroatoms. The Kier molecular flexibility index (Phi) is 3.80. The molecule has 2 rings (SSSR count). The van der Waals surface area contributed by atoms with E-state index in [4.69, 9.17) is 5.73 Å². The molecule has 0 spiro atoms. The van der Waals surface area contributed by atoms with Crippen LogP contribution in [0.1, 0.15) is 30.4 Å². The van der Waals surface area contributed by atoms with E-state index in [2.05, 4.69) is 0 Å². The molecule has 0 saturated carbocycles. The molecule has 0 radical (unpaired) electrons. The Morgan fingerprint density at radius 3 is 2.33 bits per heavy atom. The van der Waals surface area contributed by atoms with Gasteiger partial charge in [-0.15, -0.1) is 0 Å². The number of nitrogens with zero attached hydrogens (tertiary/aromatic N) is 1. The third-order valence-corrected chi connectivity index (χ3v) is 3.36. The highest BCUT2D eigenvalue weighted by Crippen LogP contribution is 2.36. The number of rotatable bonds is 2. The van der Waals surface area contributed by atoms with Gasteiger partial charge in [0.1, 0.15) is 0 Å². The summed E-state index contributed by atoms with van der Waals surface area (Å²) >= 11 is 0. The Morgan fingerprint density at radius 1 is 1.11 bits per heavy atom. The molecule has 2 nitrogen and oxygen atoms in total. The largest absolute Gasteiger partial charge is 0.416 e. The zero-order valence-corrected chi connectivity index (χ0v) is 10.1. The fraction of sp³-hybridized carbons (Fsp3) is 0.538. The lowest BCUT2D eigenvalue weighted by Gasteiger charge is -2.31. The number of anilines is 1. The molecule has 0 aliphatic carbocycles. The molecule has 1 aliphatic heterocycles. The lowest BCUT2D eigenvalue weighted by Crippen LogP contribution is -2.31. The van der Waals surface area contributed by atoms with Crippen LogP contribution in [0.25, 0.3) is 0 Å². The average molecular weight is 258 g/mol. The van der Waals surface area contributed by atoms with E-state index in [-0.39, 0.29) is 12.1 Å². The summed E-state index contributed by atoms with van der Waals surface area (Å²) in [7, 11) is 0. The van der Waals surface area contributed by atoms with Gasteiger partial charge in [0.2, 0.25) is 0 Å². The first-order valence-corrected chi connectivity index (χ1v) is 6.18. The number of benzene rings is 1. The second-order valence-electron chi connectivity index (χ2n) is 4.55. The first-order chi connectivity index (χ1) is 8.54. The van der Waals surface area contributed by atoms with Gasteiger partial charge in [-0.05, 0) is 31.4 Å². The summed E-state index contributed by atoms with van der Waals surface area (Å²) in [5, 5.41) is 0. The van der Waals surface area contributed by atoms with Gasteiger partial charge in [0.25, 0.3) is 0 Å². The predicted molar refractivity (Wildman–Crippen MR) is 65.4 cm³/mol. The Morgan fingerprint density at radius 2 is 1.78 bits per heavy atom. The summed E-state index contributed by atoms with van der Waals surface area (Å²) in [6, 6.07) is 4.31. The van der Waals surface area contributed by atoms with Crippen molar-refractivity contribution < 1.29 is 13.2 Å². The van der Waals surface area contributed by atoms with Gasteiger partial charge in [0.05, 0.1) is 5.56 Å². The minimum Gasteiger partial charge on any atom is -0.371 e. The van der Waals surface area contributed by atoms with Crippen LogP contribution in [0.2, 0.25) is 0 Å². The van der Waals surface area contributed by atoms with E-state index in [9.17, 15) is 13.2 Å². The van der Waals surface area contributed by atoms with E-state index < -0.39 is 11.7 Å². The highest BCUT2D eigenvalue weighted by Gasteiger charge is 2.34. The number of hydrogen-bond donors (Lipinski definition) is 1. The standard InChI is InChI=1S/C13H17F3N2/c14-13(15,16)11-5-4-6-12(10(11)9-17)18-7-2-1-3-8-18/h4-6H,1-3,7-9,17H2. The molecule has 0 atom stereocenters. The van der Waals surface area contributed by atoms with Crippen molar-refractivity contribution in [3.8, 4) is 0 Å². The van der Waals surface area contributed by atoms with Gasteiger partial charge >= 0.3 is 6.18 Å². The fourth-order valence-corrected chi connectivity index (χ4v) is 2.49. The van der Waals surface area contributed by atoms with Crippen molar-refractivity contribution in [2.24, 2.45) is 5.73 Å². The minimum atomic E-state index is -4.33. The average Bonchev–Trinajstić information content (AvgIpc) is 2.37. The molecule has 1 fully saturated rings. The van der Waals surface area contributed by atoms with E-state index in [1.165, 1.54) is 6.07 Å². The summed E-state index contributed by atoms with van der Waals surface area (Å²) in [4.78, 5) is 2.01. The van der Waals surface area contributed by atoms with E-state index in [0.717, 1.165) is 38.4 Å². The fourth-order valence-electron chi connectivity index (χ4n) is 2.49. The molecule has 1 aromatic carbocycles. The SMILES string of the molecule is NCc1c(N2CCCCC2)cccc1C(F)(F)F. The number of piperidine rings is 1. The van der Waals surface area contributed by atoms with Crippen LogP contribution in [-0.4, -0.2) is 13.1 Å². The van der Waals surface area contributed by atoms with Crippen LogP contribution in [0.5, 0.6) is 0 Å². The van der Waals surface area contributed by atoms with Gasteiger partial charge in [-0.25, -0.2) is 0 Å². The lowest BCUT2D eigenvalue weighted by molar-refractivity contribution is -0.138. The van der Waals surface area contributed by atoms with Crippen molar-refractivity contribution in [1.29, 1.82) is 0 Å². The quantitative estimate of drug-likeness (QED) is 0.883. The van der Waals surface area contributed by atoms with E-state index >= 15 is 0 Å². The molecule has 1 saturated heterocycles. The van der Waals surface area contributed by atoms with Crippen LogP contribution in [0.15, 0.2) is 18.2 Å². The van der Waals surface area contributed by atoms with Crippen LogP contribution in [0.4, 0.5) is 18.9 Å². The van der Waals surface area contributed by atoms with E-state index in [0.29, 0.717) is 5.69 Å². The summed E-state index contributed by atoms with van der Waals surface area (Å²) in [6.07, 6.45) is -1.13. The monoisotopic (exact) mass is 258 g/mol. The molecule has 1 aromatic rings. The van der Waals surface area contributed by atoms with Crippen molar-refractivity contribution in [2.45, 2.75) is 32.0 Å². The molecular formula is C13H17F3N2. The predicted octanol–water partition coefficient (Wildman–Crippen LogP) is 3.15. The second kappa shape index (κ2) is 5.18. The van der Waals surface area contributed by atoms with Crippen LogP contribution >= 0.6 is 0 Å². The van der Waals surface area contributed by atoms with Crippen molar-refractivity contribution in [1.82, 2.24) is 0 Å². The molecule has 0 unspecified atom stereocenters. The topological polar surface area (TPSA) is 29.3 Å². The third kappa shape index (κ3) is 2.61. The second-order valence-corrected chi connectivity index (χ2v) is 4.55. The lowest BCUT2D eigenvalue weighted by atomic mass is 10.0. The van der Waals surface area contributed by atoms with Crippen molar-refractivity contribution >= 4 is 5.69 Å². The number of halogens is 3. The van der Waals surface area contributed by atoms with Gasteiger partial charge in [-0.3, -0.25) is 0 Å². The summed E-state index contributed by atoms with van der Waals surface area (Å²) in [6.45, 7) is 1.55. The molecule has 0 bridgehead atoms. The van der Waals surface area contributed by atoms with Crippen LogP contribution < -0.4 is 10.6 Å². The highest BCUT2D eigenvalue weighted by molar-refractivity contribution is 5.57. The molecule has 0 amide bonds. The summed E-state index contributed by atoms with van der Waals surface area (Å²) < 4.78 is 38.7. The van der Waals surface area contributed by atoms with Gasteiger partial charge in [0.15, 0.2) is 0 Å². The Labute approximate surface area is 105 Å². The maximum absolute atomic E-state index is 12.9. The smallest absolute Gasteiger partial charge is 0.371 e. The highest BCUT2D eigenvalue weighted by atomic mass is 19.4. The minimum absolute atomic E-state index is 0.0818. The van der Waals surface area contributed by atoms with Crippen molar-refractivity contribution in [2.75, 3.05) is 18.0 Å². The normalized spacial score (nSPS) is 17.0. The Hall–Kier alpha value is -1.23. The summed E-state index contributed by atoms with van der Waals surface area (Å²) in [5.41, 5.74) is 5.78. The van der Waals surface area contributed by atoms with E-state index in [1.54, 1.807) is 6.07 Å². The van der Waals surface area contributed by atoms with Gasteiger partial charge in [-0.1, -0.05) is 6.07 Å². The number of alkyl halides is 3. The van der Waals surface area contributed by atoms with Crippen LogP contribution in [0.3, 0.4) is 0 Å². The number of nitrogens with two attached hydrogens (primary N) is 1. The van der Waals surface area contributed by atoms with Gasteiger partial charge in [0, 0.05) is 30.9 Å².